The minimum Gasteiger partial charge on any atom is -0.462 e. The van der Waals surface area contributed by atoms with Gasteiger partial charge in [-0.2, -0.15) is 0 Å². The number of anilines is 1. The third kappa shape index (κ3) is 4.07. The normalized spacial score (nSPS) is 10.0. The number of rotatable bonds is 5. The molecule has 0 spiro atoms. The highest BCUT2D eigenvalue weighted by Crippen LogP contribution is 2.18. The molecule has 0 bridgehead atoms. The fourth-order valence-electron chi connectivity index (χ4n) is 1.00. The van der Waals surface area contributed by atoms with Crippen molar-refractivity contribution in [3.05, 3.63) is 23.9 Å². The van der Waals surface area contributed by atoms with Crippen molar-refractivity contribution >= 4 is 23.5 Å². The van der Waals surface area contributed by atoms with Crippen LogP contribution in [0.1, 0.15) is 24.2 Å². The van der Waals surface area contributed by atoms with Crippen molar-refractivity contribution < 1.29 is 9.53 Å². The average Bonchev–Trinajstić information content (AvgIpc) is 2.26. The molecule has 0 atom stereocenters. The van der Waals surface area contributed by atoms with Crippen molar-refractivity contribution in [3.63, 3.8) is 0 Å². The first-order valence-electron chi connectivity index (χ1n) is 5.11. The highest BCUT2D eigenvalue weighted by molar-refractivity contribution is 7.99. The van der Waals surface area contributed by atoms with Gasteiger partial charge in [0.1, 0.15) is 11.4 Å². The first kappa shape index (κ1) is 13.5. The summed E-state index contributed by atoms with van der Waals surface area (Å²) >= 11 is 1.42. The zero-order chi connectivity index (χ0) is 12.8. The van der Waals surface area contributed by atoms with Gasteiger partial charge in [0.25, 0.3) is 0 Å². The Morgan fingerprint density at radius 2 is 2.35 bits per heavy atom. The number of nitrogen functional groups attached to an aromatic ring is 1. The Hall–Kier alpha value is -1.56. The van der Waals surface area contributed by atoms with Gasteiger partial charge in [0.2, 0.25) is 0 Å². The standard InChI is InChI=1S/C11H15N3O2S/c1-4-16-10(15)8-5-13-11(14-9(8)12)17-6-7(2)3/h5H,2,4,6H2,1,3H3,(H2,12,13,14). The largest absolute Gasteiger partial charge is 0.462 e. The highest BCUT2D eigenvalue weighted by atomic mass is 32.2. The molecule has 5 nitrogen and oxygen atoms in total. The molecular weight excluding hydrogens is 238 g/mol. The molecule has 1 rings (SSSR count). The van der Waals surface area contributed by atoms with Gasteiger partial charge in [-0.1, -0.05) is 23.9 Å². The lowest BCUT2D eigenvalue weighted by Gasteiger charge is -2.05. The van der Waals surface area contributed by atoms with Crippen LogP contribution >= 0.6 is 11.8 Å². The van der Waals surface area contributed by atoms with Gasteiger partial charge in [0.15, 0.2) is 5.16 Å². The predicted molar refractivity (Wildman–Crippen MR) is 67.9 cm³/mol. The Morgan fingerprint density at radius 3 is 2.88 bits per heavy atom. The Balaban J connectivity index is 2.79. The van der Waals surface area contributed by atoms with Crippen molar-refractivity contribution in [1.29, 1.82) is 0 Å². The Labute approximate surface area is 104 Å². The zero-order valence-electron chi connectivity index (χ0n) is 9.90. The third-order valence-corrected chi connectivity index (χ3v) is 2.83. The molecule has 0 unspecified atom stereocenters. The van der Waals surface area contributed by atoms with Crippen LogP contribution in [0.2, 0.25) is 0 Å². The summed E-state index contributed by atoms with van der Waals surface area (Å²) in [7, 11) is 0. The molecule has 1 aromatic heterocycles. The summed E-state index contributed by atoms with van der Waals surface area (Å²) in [5, 5.41) is 0.526. The van der Waals surface area contributed by atoms with Gasteiger partial charge in [-0.05, 0) is 13.8 Å². The number of nitrogens with zero attached hydrogens (tertiary/aromatic N) is 2. The van der Waals surface area contributed by atoms with E-state index >= 15 is 0 Å². The average molecular weight is 253 g/mol. The number of hydrogen-bond donors (Lipinski definition) is 1. The van der Waals surface area contributed by atoms with Crippen molar-refractivity contribution in [2.75, 3.05) is 18.1 Å². The van der Waals surface area contributed by atoms with Gasteiger partial charge in [-0.25, -0.2) is 14.8 Å². The van der Waals surface area contributed by atoms with Crippen LogP contribution in [0.5, 0.6) is 0 Å². The van der Waals surface area contributed by atoms with Crippen LogP contribution in [-0.2, 0) is 4.74 Å². The van der Waals surface area contributed by atoms with E-state index in [0.717, 1.165) is 11.3 Å². The summed E-state index contributed by atoms with van der Waals surface area (Å²) in [6.45, 7) is 7.73. The molecule has 17 heavy (non-hydrogen) atoms. The Bertz CT molecular complexity index is 435. The van der Waals surface area contributed by atoms with Crippen LogP contribution in [0.3, 0.4) is 0 Å². The van der Waals surface area contributed by atoms with Crippen LogP contribution in [-0.4, -0.2) is 28.3 Å². The van der Waals surface area contributed by atoms with E-state index in [0.29, 0.717) is 11.8 Å². The van der Waals surface area contributed by atoms with Crippen molar-refractivity contribution in [1.82, 2.24) is 9.97 Å². The molecule has 0 fully saturated rings. The molecule has 2 N–H and O–H groups in total. The molecule has 0 radical (unpaired) electrons. The zero-order valence-corrected chi connectivity index (χ0v) is 10.7. The molecular formula is C11H15N3O2S. The van der Waals surface area contributed by atoms with Crippen molar-refractivity contribution in [2.45, 2.75) is 19.0 Å². The number of ether oxygens (including phenoxy) is 1. The van der Waals surface area contributed by atoms with Crippen molar-refractivity contribution in [2.24, 2.45) is 0 Å². The maximum absolute atomic E-state index is 11.4. The second-order valence-electron chi connectivity index (χ2n) is 3.42. The number of nitrogens with two attached hydrogens (primary N) is 1. The minimum absolute atomic E-state index is 0.141. The minimum atomic E-state index is -0.499. The quantitative estimate of drug-likeness (QED) is 0.374. The Morgan fingerprint density at radius 1 is 1.65 bits per heavy atom. The van der Waals surface area contributed by atoms with E-state index in [2.05, 4.69) is 16.5 Å². The number of esters is 1. The van der Waals surface area contributed by atoms with Crippen LogP contribution in [0.15, 0.2) is 23.5 Å². The summed E-state index contributed by atoms with van der Waals surface area (Å²) < 4.78 is 4.83. The number of carbonyl (C=O) groups is 1. The topological polar surface area (TPSA) is 78.1 Å². The molecule has 0 amide bonds. The van der Waals surface area contributed by atoms with Crippen LogP contribution in [0, 0.1) is 0 Å². The lowest BCUT2D eigenvalue weighted by molar-refractivity contribution is 0.0526. The smallest absolute Gasteiger partial charge is 0.343 e. The molecule has 1 heterocycles. The number of aromatic nitrogens is 2. The molecule has 1 aromatic rings. The van der Waals surface area contributed by atoms with Gasteiger partial charge >= 0.3 is 5.97 Å². The predicted octanol–water partition coefficient (Wildman–Crippen LogP) is 1.90. The third-order valence-electron chi connectivity index (χ3n) is 1.74. The Kier molecular flexibility index (Phi) is 4.96. The summed E-state index contributed by atoms with van der Waals surface area (Å²) in [6.07, 6.45) is 1.39. The summed E-state index contributed by atoms with van der Waals surface area (Å²) in [5.74, 6) is 0.363. The molecule has 0 aromatic carbocycles. The maximum Gasteiger partial charge on any atom is 0.343 e. The first-order chi connectivity index (χ1) is 8.04. The number of thioether (sulfide) groups is 1. The molecule has 6 heteroatoms. The molecule has 0 saturated heterocycles. The highest BCUT2D eigenvalue weighted by Gasteiger charge is 2.13. The van der Waals surface area contributed by atoms with Crippen LogP contribution in [0.4, 0.5) is 5.82 Å². The number of hydrogen-bond acceptors (Lipinski definition) is 6. The summed E-state index contributed by atoms with van der Waals surface area (Å²) in [4.78, 5) is 19.5. The molecule has 92 valence electrons. The van der Waals surface area contributed by atoms with Crippen molar-refractivity contribution in [3.8, 4) is 0 Å². The first-order valence-corrected chi connectivity index (χ1v) is 6.10. The van der Waals surface area contributed by atoms with E-state index < -0.39 is 5.97 Å². The monoisotopic (exact) mass is 253 g/mol. The van der Waals surface area contributed by atoms with E-state index in [9.17, 15) is 4.79 Å². The molecule has 0 aliphatic rings. The van der Waals surface area contributed by atoms with E-state index in [-0.39, 0.29) is 11.4 Å². The molecule has 0 aliphatic carbocycles. The molecule has 0 aliphatic heterocycles. The fourth-order valence-corrected chi connectivity index (χ4v) is 1.67. The van der Waals surface area contributed by atoms with Crippen LogP contribution in [0.25, 0.3) is 0 Å². The van der Waals surface area contributed by atoms with E-state index in [1.165, 1.54) is 18.0 Å². The van der Waals surface area contributed by atoms with Gasteiger partial charge in [0.05, 0.1) is 6.61 Å². The fraction of sp³-hybridized carbons (Fsp3) is 0.364. The van der Waals surface area contributed by atoms with E-state index in [4.69, 9.17) is 10.5 Å². The van der Waals surface area contributed by atoms with E-state index in [1.807, 2.05) is 6.92 Å². The maximum atomic E-state index is 11.4. The van der Waals surface area contributed by atoms with Gasteiger partial charge < -0.3 is 10.5 Å². The second kappa shape index (κ2) is 6.24. The van der Waals surface area contributed by atoms with E-state index in [1.54, 1.807) is 6.92 Å². The molecule has 0 saturated carbocycles. The summed E-state index contributed by atoms with van der Waals surface area (Å²) in [5.41, 5.74) is 6.89. The lowest BCUT2D eigenvalue weighted by atomic mass is 10.3. The summed E-state index contributed by atoms with van der Waals surface area (Å²) in [6, 6.07) is 0. The lowest BCUT2D eigenvalue weighted by Crippen LogP contribution is -2.10. The number of carbonyl (C=O) groups excluding carboxylic acids is 1. The van der Waals surface area contributed by atoms with Gasteiger partial charge in [-0.15, -0.1) is 0 Å². The SMILES string of the molecule is C=C(C)CSc1ncc(C(=O)OCC)c(N)n1. The van der Waals surface area contributed by atoms with Gasteiger partial charge in [0, 0.05) is 11.9 Å². The van der Waals surface area contributed by atoms with Gasteiger partial charge in [-0.3, -0.25) is 0 Å². The second-order valence-corrected chi connectivity index (χ2v) is 4.36. The van der Waals surface area contributed by atoms with Crippen LogP contribution < -0.4 is 5.73 Å².